The van der Waals surface area contributed by atoms with E-state index in [1.165, 1.54) is 0 Å². The summed E-state index contributed by atoms with van der Waals surface area (Å²) in [6, 6.07) is 13.2. The maximum atomic E-state index is 12.3. The van der Waals surface area contributed by atoms with Gasteiger partial charge in [-0.05, 0) is 37.6 Å². The van der Waals surface area contributed by atoms with E-state index in [1.54, 1.807) is 11.1 Å². The molecule has 1 amide bonds. The van der Waals surface area contributed by atoms with E-state index in [-0.39, 0.29) is 18.9 Å². The molecule has 1 saturated heterocycles. The molecule has 0 aliphatic carbocycles. The van der Waals surface area contributed by atoms with Crippen LogP contribution in [-0.4, -0.2) is 46.2 Å². The summed E-state index contributed by atoms with van der Waals surface area (Å²) in [7, 11) is 0. The monoisotopic (exact) mass is 326 g/mol. The number of carbonyl (C=O) groups excluding carboxylic acids is 1. The van der Waals surface area contributed by atoms with Gasteiger partial charge in [0.1, 0.15) is 18.0 Å². The van der Waals surface area contributed by atoms with Gasteiger partial charge in [0.15, 0.2) is 0 Å². The quantitative estimate of drug-likeness (QED) is 0.912. The van der Waals surface area contributed by atoms with Gasteiger partial charge < -0.3 is 14.7 Å². The standard InChI is InChI=1S/C19H22N2O3/c1-15-5-7-17(8-6-15)24-14-19(23)9-11-21(13-19)18(22)12-16-4-2-3-10-20-16/h2-8,10,23H,9,11-14H2,1H3/t19-/m0/s1. The first kappa shape index (κ1) is 16.5. The predicted octanol–water partition coefficient (Wildman–Crippen LogP) is 1.97. The topological polar surface area (TPSA) is 62.7 Å². The van der Waals surface area contributed by atoms with E-state index in [9.17, 15) is 9.90 Å². The lowest BCUT2D eigenvalue weighted by Gasteiger charge is -2.23. The van der Waals surface area contributed by atoms with Crippen molar-refractivity contribution in [2.24, 2.45) is 0 Å². The van der Waals surface area contributed by atoms with Crippen molar-refractivity contribution in [3.63, 3.8) is 0 Å². The molecule has 1 fully saturated rings. The van der Waals surface area contributed by atoms with Crippen molar-refractivity contribution >= 4 is 5.91 Å². The van der Waals surface area contributed by atoms with E-state index in [1.807, 2.05) is 49.4 Å². The number of likely N-dealkylation sites (tertiary alicyclic amines) is 1. The highest BCUT2D eigenvalue weighted by atomic mass is 16.5. The van der Waals surface area contributed by atoms with Gasteiger partial charge in [0.05, 0.1) is 13.0 Å². The third kappa shape index (κ3) is 4.11. The highest BCUT2D eigenvalue weighted by Gasteiger charge is 2.38. The molecule has 1 N–H and O–H groups in total. The van der Waals surface area contributed by atoms with Gasteiger partial charge in [0.25, 0.3) is 0 Å². The molecule has 126 valence electrons. The molecule has 0 bridgehead atoms. The van der Waals surface area contributed by atoms with Crippen molar-refractivity contribution in [3.05, 3.63) is 59.9 Å². The second kappa shape index (κ2) is 7.01. The Hall–Kier alpha value is -2.40. The summed E-state index contributed by atoms with van der Waals surface area (Å²) >= 11 is 0. The third-order valence-electron chi connectivity index (χ3n) is 4.27. The van der Waals surface area contributed by atoms with E-state index >= 15 is 0 Å². The molecule has 5 nitrogen and oxygen atoms in total. The summed E-state index contributed by atoms with van der Waals surface area (Å²) in [6.07, 6.45) is 2.46. The molecule has 0 spiro atoms. The Bertz CT molecular complexity index is 688. The summed E-state index contributed by atoms with van der Waals surface area (Å²) in [5, 5.41) is 10.7. The number of pyridine rings is 1. The number of aryl methyl sites for hydroxylation is 1. The second-order valence-corrected chi connectivity index (χ2v) is 6.39. The number of carbonyl (C=O) groups is 1. The lowest BCUT2D eigenvalue weighted by Crippen LogP contribution is -2.41. The van der Waals surface area contributed by atoms with Crippen LogP contribution in [0.2, 0.25) is 0 Å². The van der Waals surface area contributed by atoms with Crippen LogP contribution in [0.3, 0.4) is 0 Å². The molecule has 1 aromatic heterocycles. The molecular weight excluding hydrogens is 304 g/mol. The maximum Gasteiger partial charge on any atom is 0.228 e. The number of ether oxygens (including phenoxy) is 1. The number of aromatic nitrogens is 1. The van der Waals surface area contributed by atoms with Crippen molar-refractivity contribution < 1.29 is 14.6 Å². The number of hydrogen-bond acceptors (Lipinski definition) is 4. The Labute approximate surface area is 141 Å². The molecule has 0 radical (unpaired) electrons. The van der Waals surface area contributed by atoms with Crippen LogP contribution < -0.4 is 4.74 Å². The molecule has 1 aliphatic rings. The second-order valence-electron chi connectivity index (χ2n) is 6.39. The third-order valence-corrected chi connectivity index (χ3v) is 4.27. The number of β-amino-alcohol motifs (C(OH)–C–C–N with tert-alkyl or cyclic N) is 1. The van der Waals surface area contributed by atoms with E-state index in [4.69, 9.17) is 4.74 Å². The first-order chi connectivity index (χ1) is 11.5. The zero-order chi connectivity index (χ0) is 17.0. The summed E-state index contributed by atoms with van der Waals surface area (Å²) in [4.78, 5) is 18.2. The van der Waals surface area contributed by atoms with Crippen molar-refractivity contribution in [1.82, 2.24) is 9.88 Å². The number of rotatable bonds is 5. The summed E-state index contributed by atoms with van der Waals surface area (Å²) in [5.41, 5.74) is 0.909. The fourth-order valence-electron chi connectivity index (χ4n) is 2.81. The average molecular weight is 326 g/mol. The first-order valence-corrected chi connectivity index (χ1v) is 8.14. The van der Waals surface area contributed by atoms with Crippen LogP contribution in [0.1, 0.15) is 17.7 Å². The molecule has 3 rings (SSSR count). The predicted molar refractivity (Wildman–Crippen MR) is 90.8 cm³/mol. The van der Waals surface area contributed by atoms with Crippen LogP contribution in [0.25, 0.3) is 0 Å². The van der Waals surface area contributed by atoms with E-state index in [0.717, 1.165) is 17.0 Å². The minimum absolute atomic E-state index is 0.0139. The zero-order valence-electron chi connectivity index (χ0n) is 13.8. The molecule has 2 aromatic rings. The van der Waals surface area contributed by atoms with Crippen molar-refractivity contribution in [2.75, 3.05) is 19.7 Å². The fraction of sp³-hybridized carbons (Fsp3) is 0.368. The SMILES string of the molecule is Cc1ccc(OC[C@]2(O)CCN(C(=O)Cc3ccccn3)C2)cc1. The number of aliphatic hydroxyl groups is 1. The Morgan fingerprint density at radius 3 is 2.79 bits per heavy atom. The highest BCUT2D eigenvalue weighted by Crippen LogP contribution is 2.23. The fourth-order valence-corrected chi connectivity index (χ4v) is 2.81. The normalized spacial score (nSPS) is 20.2. The van der Waals surface area contributed by atoms with Crippen LogP contribution in [0.4, 0.5) is 0 Å². The summed E-state index contributed by atoms with van der Waals surface area (Å²) in [5.74, 6) is 0.715. The smallest absolute Gasteiger partial charge is 0.228 e. The Balaban J connectivity index is 1.53. The van der Waals surface area contributed by atoms with E-state index in [2.05, 4.69) is 4.98 Å². The number of hydrogen-bond donors (Lipinski definition) is 1. The largest absolute Gasteiger partial charge is 0.491 e. The lowest BCUT2D eigenvalue weighted by atomic mass is 10.1. The average Bonchev–Trinajstić information content (AvgIpc) is 2.98. The zero-order valence-corrected chi connectivity index (χ0v) is 13.8. The minimum atomic E-state index is -0.995. The van der Waals surface area contributed by atoms with Gasteiger partial charge in [-0.2, -0.15) is 0 Å². The summed E-state index contributed by atoms with van der Waals surface area (Å²) in [6.45, 7) is 3.03. The van der Waals surface area contributed by atoms with Crippen LogP contribution >= 0.6 is 0 Å². The van der Waals surface area contributed by atoms with Crippen LogP contribution in [0.5, 0.6) is 5.75 Å². The molecule has 1 aliphatic heterocycles. The molecule has 1 aromatic carbocycles. The van der Waals surface area contributed by atoms with Crippen LogP contribution in [0, 0.1) is 6.92 Å². The molecule has 1 atom stereocenters. The lowest BCUT2D eigenvalue weighted by molar-refractivity contribution is -0.130. The van der Waals surface area contributed by atoms with Gasteiger partial charge in [-0.1, -0.05) is 23.8 Å². The van der Waals surface area contributed by atoms with Gasteiger partial charge in [0.2, 0.25) is 5.91 Å². The van der Waals surface area contributed by atoms with Crippen molar-refractivity contribution in [1.29, 1.82) is 0 Å². The molecule has 24 heavy (non-hydrogen) atoms. The van der Waals surface area contributed by atoms with Crippen LogP contribution in [-0.2, 0) is 11.2 Å². The van der Waals surface area contributed by atoms with Gasteiger partial charge in [-0.25, -0.2) is 0 Å². The van der Waals surface area contributed by atoms with Gasteiger partial charge in [-0.3, -0.25) is 9.78 Å². The molecule has 0 unspecified atom stereocenters. The van der Waals surface area contributed by atoms with Gasteiger partial charge >= 0.3 is 0 Å². The minimum Gasteiger partial charge on any atom is -0.491 e. The number of nitrogens with zero attached hydrogens (tertiary/aromatic N) is 2. The molecule has 2 heterocycles. The maximum absolute atomic E-state index is 12.3. The molecule has 0 saturated carbocycles. The van der Waals surface area contributed by atoms with Gasteiger partial charge in [0, 0.05) is 18.4 Å². The molecular formula is C19H22N2O3. The Morgan fingerprint density at radius 2 is 2.08 bits per heavy atom. The Kier molecular flexibility index (Phi) is 4.81. The summed E-state index contributed by atoms with van der Waals surface area (Å²) < 4.78 is 5.69. The van der Waals surface area contributed by atoms with Gasteiger partial charge in [-0.15, -0.1) is 0 Å². The van der Waals surface area contributed by atoms with Crippen molar-refractivity contribution in [3.8, 4) is 5.75 Å². The Morgan fingerprint density at radius 1 is 1.29 bits per heavy atom. The number of benzene rings is 1. The highest BCUT2D eigenvalue weighted by molar-refractivity contribution is 5.78. The van der Waals surface area contributed by atoms with Crippen LogP contribution in [0.15, 0.2) is 48.7 Å². The van der Waals surface area contributed by atoms with E-state index < -0.39 is 5.60 Å². The molecule has 5 heteroatoms. The van der Waals surface area contributed by atoms with E-state index in [0.29, 0.717) is 19.5 Å². The number of amides is 1. The van der Waals surface area contributed by atoms with Crippen molar-refractivity contribution in [2.45, 2.75) is 25.4 Å². The first-order valence-electron chi connectivity index (χ1n) is 8.14.